The number of aliphatic hydroxyl groups excluding tert-OH is 1. The first-order valence-corrected chi connectivity index (χ1v) is 25.2. The van der Waals surface area contributed by atoms with E-state index in [0.717, 1.165) is 16.7 Å². The van der Waals surface area contributed by atoms with E-state index in [9.17, 15) is 29.8 Å². The van der Waals surface area contributed by atoms with E-state index in [4.69, 9.17) is 42.6 Å². The highest BCUT2D eigenvalue weighted by Gasteiger charge is 2.60. The molecule has 1 heterocycles. The van der Waals surface area contributed by atoms with Crippen LogP contribution in [0.3, 0.4) is 0 Å². The molecule has 0 bridgehead atoms. The minimum Gasteiger partial charge on any atom is -0.452 e. The molecule has 7 aromatic carbocycles. The normalized spacial score (nSPS) is 23.6. The second-order valence-electron chi connectivity index (χ2n) is 18.3. The largest absolute Gasteiger partial charge is 0.452 e. The predicted octanol–water partition coefficient (Wildman–Crippen LogP) is 9.44. The third-order valence-corrected chi connectivity index (χ3v) is 13.0. The van der Waals surface area contributed by atoms with Crippen LogP contribution in [0.15, 0.2) is 217 Å². The van der Waals surface area contributed by atoms with Crippen molar-refractivity contribution in [3.05, 3.63) is 262 Å². The molecule has 0 unspecified atom stereocenters. The Balaban J connectivity index is 1.17. The van der Waals surface area contributed by atoms with Crippen molar-refractivity contribution in [2.45, 2.75) is 87.1 Å². The zero-order chi connectivity index (χ0) is 54.1. The van der Waals surface area contributed by atoms with Crippen LogP contribution < -0.4 is 0 Å². The third kappa shape index (κ3) is 13.9. The van der Waals surface area contributed by atoms with Crippen LogP contribution in [0.4, 0.5) is 0 Å². The molecule has 1 N–H and O–H groups in total. The molecule has 0 radical (unpaired) electrons. The molecule has 1 saturated carbocycles. The zero-order valence-corrected chi connectivity index (χ0v) is 42.0. The molecule has 0 aromatic heterocycles. The summed E-state index contributed by atoms with van der Waals surface area (Å²) in [4.78, 5) is 60.6. The Hall–Kier alpha value is -8.51. The fourth-order valence-corrected chi connectivity index (χ4v) is 9.17. The maximum atomic E-state index is 14.5. The molecule has 17 heteroatoms. The van der Waals surface area contributed by atoms with E-state index in [-0.39, 0.29) is 48.7 Å². The second-order valence-corrected chi connectivity index (χ2v) is 18.3. The highest BCUT2D eigenvalue weighted by atomic mass is 16.7. The van der Waals surface area contributed by atoms with Gasteiger partial charge in [-0.15, -0.1) is 0 Å². The SMILES string of the molecule is [N-]=[N+]=N[C@H]1[C@@H](O[C@@H]2[C@@H](O)[C@H](OC(=O)c3ccccc3)[C@@H](OC(=O)c3ccccc3)[C@@H](OC(=O)c3ccccc3)[C@@H]2OC(=O)c2ccccc2)O[C@H](COCc2ccccc2)[C@H](OCc2ccccc2)[C@@H]1OCc1ccccc1. The molecule has 9 rings (SSSR count). The molecule has 7 aromatic rings. The van der Waals surface area contributed by atoms with Gasteiger partial charge >= 0.3 is 23.9 Å². The van der Waals surface area contributed by atoms with E-state index in [1.54, 1.807) is 72.8 Å². The Kier molecular flexibility index (Phi) is 18.8. The Morgan fingerprint density at radius 1 is 0.436 bits per heavy atom. The lowest BCUT2D eigenvalue weighted by Crippen LogP contribution is -2.70. The summed E-state index contributed by atoms with van der Waals surface area (Å²) in [5.74, 6) is -3.90. The number of aliphatic hydroxyl groups is 1. The summed E-state index contributed by atoms with van der Waals surface area (Å²) in [7, 11) is 0. The first kappa shape index (κ1) is 54.3. The molecule has 0 amide bonds. The van der Waals surface area contributed by atoms with Crippen molar-refractivity contribution in [2.75, 3.05) is 6.61 Å². The number of hydrogen-bond acceptors (Lipinski definition) is 15. The van der Waals surface area contributed by atoms with Crippen molar-refractivity contribution in [1.29, 1.82) is 0 Å². The van der Waals surface area contributed by atoms with Gasteiger partial charge in [0.05, 0.1) is 48.7 Å². The first-order chi connectivity index (χ1) is 38.2. The molecule has 1 aliphatic carbocycles. The van der Waals surface area contributed by atoms with E-state index in [0.29, 0.717) is 0 Å². The summed E-state index contributed by atoms with van der Waals surface area (Å²) in [6.07, 6.45) is -16.7. The van der Waals surface area contributed by atoms with Gasteiger partial charge in [-0.1, -0.05) is 169 Å². The predicted molar refractivity (Wildman–Crippen MR) is 281 cm³/mol. The first-order valence-electron chi connectivity index (χ1n) is 25.2. The van der Waals surface area contributed by atoms with Crippen molar-refractivity contribution in [3.63, 3.8) is 0 Å². The lowest BCUT2D eigenvalue weighted by atomic mass is 9.83. The number of esters is 4. The number of rotatable bonds is 21. The minimum absolute atomic E-state index is 0.00861. The molecule has 2 fully saturated rings. The van der Waals surface area contributed by atoms with Gasteiger partial charge < -0.3 is 47.7 Å². The van der Waals surface area contributed by atoms with Crippen LogP contribution in [-0.2, 0) is 62.5 Å². The topological polar surface area (TPSA) is 220 Å². The Morgan fingerprint density at radius 3 is 1.17 bits per heavy atom. The van der Waals surface area contributed by atoms with Gasteiger partial charge in [0.25, 0.3) is 0 Å². The summed E-state index contributed by atoms with van der Waals surface area (Å²) in [6.45, 7) is 0.0614. The summed E-state index contributed by atoms with van der Waals surface area (Å²) in [5, 5.41) is 17.2. The van der Waals surface area contributed by atoms with Gasteiger partial charge in [-0.25, -0.2) is 19.2 Å². The maximum absolute atomic E-state index is 14.5. The Morgan fingerprint density at radius 2 is 0.769 bits per heavy atom. The van der Waals surface area contributed by atoms with Crippen LogP contribution in [0.1, 0.15) is 58.1 Å². The van der Waals surface area contributed by atoms with E-state index < -0.39 is 91.1 Å². The number of ether oxygens (including phenoxy) is 9. The van der Waals surface area contributed by atoms with Gasteiger partial charge in [-0.2, -0.15) is 0 Å². The van der Waals surface area contributed by atoms with Gasteiger partial charge in [-0.3, -0.25) is 0 Å². The number of nitrogens with zero attached hydrogens (tertiary/aromatic N) is 3. The fourth-order valence-electron chi connectivity index (χ4n) is 9.17. The second kappa shape index (κ2) is 27.0. The smallest absolute Gasteiger partial charge is 0.338 e. The van der Waals surface area contributed by atoms with Crippen LogP contribution in [0, 0.1) is 0 Å². The highest BCUT2D eigenvalue weighted by molar-refractivity contribution is 5.92. The lowest BCUT2D eigenvalue weighted by Gasteiger charge is -2.50. The van der Waals surface area contributed by atoms with Crippen LogP contribution in [0.5, 0.6) is 0 Å². The van der Waals surface area contributed by atoms with Crippen molar-refractivity contribution >= 4 is 23.9 Å². The number of benzene rings is 7. The van der Waals surface area contributed by atoms with Crippen molar-refractivity contribution in [2.24, 2.45) is 5.11 Å². The minimum atomic E-state index is -2.11. The van der Waals surface area contributed by atoms with Crippen molar-refractivity contribution < 1.29 is 66.9 Å². The summed E-state index contributed by atoms with van der Waals surface area (Å²) in [5.41, 5.74) is 13.0. The van der Waals surface area contributed by atoms with Gasteiger partial charge in [-0.05, 0) is 70.8 Å². The summed E-state index contributed by atoms with van der Waals surface area (Å²) in [6, 6.07) is 57.9. The van der Waals surface area contributed by atoms with Crippen LogP contribution in [-0.4, -0.2) is 103 Å². The van der Waals surface area contributed by atoms with E-state index in [2.05, 4.69) is 10.0 Å². The standard InChI is InChI=1S/C61H55N3O14/c62-64-63-48-51(72-38-42-26-12-3-13-27-42)50(71-37-41-24-10-2-11-25-41)47(39-70-36-40-22-8-1-9-23-40)73-61(48)78-53-49(65)52(74-57(66)43-28-14-4-15-29-43)54(75-58(67)44-30-16-5-17-31-44)56(77-60(69)46-34-20-7-21-35-46)55(53)76-59(68)45-32-18-6-19-33-45/h1-35,47-56,61,65H,36-39H2/t47-,48-,49+,50+,51-,52+,53-,54-,55-,56-,61-/m1/s1. The van der Waals surface area contributed by atoms with Gasteiger partial charge in [0.15, 0.2) is 30.7 Å². The lowest BCUT2D eigenvalue weighted by molar-refractivity contribution is -0.325. The average Bonchev–Trinajstić information content (AvgIpc) is 3.50. The number of azide groups is 1. The van der Waals surface area contributed by atoms with Crippen LogP contribution in [0.25, 0.3) is 10.4 Å². The Bertz CT molecular complexity index is 3070. The van der Waals surface area contributed by atoms with E-state index in [1.807, 2.05) is 91.0 Å². The molecular formula is C61H55N3O14. The molecule has 2 aliphatic rings. The molecular weight excluding hydrogens is 999 g/mol. The number of carbonyl (C=O) groups is 4. The quantitative estimate of drug-likeness (QED) is 0.0233. The summed E-state index contributed by atoms with van der Waals surface area (Å²) >= 11 is 0. The van der Waals surface area contributed by atoms with E-state index >= 15 is 0 Å². The molecule has 78 heavy (non-hydrogen) atoms. The third-order valence-electron chi connectivity index (χ3n) is 13.0. The molecule has 0 spiro atoms. The van der Waals surface area contributed by atoms with E-state index in [1.165, 1.54) is 48.5 Å². The fraction of sp³-hybridized carbons (Fsp3) is 0.246. The van der Waals surface area contributed by atoms with Crippen molar-refractivity contribution in [3.8, 4) is 0 Å². The van der Waals surface area contributed by atoms with Crippen LogP contribution >= 0.6 is 0 Å². The monoisotopic (exact) mass is 1050 g/mol. The number of carbonyl (C=O) groups excluding carboxylic acids is 4. The zero-order valence-electron chi connectivity index (χ0n) is 42.0. The highest BCUT2D eigenvalue weighted by Crippen LogP contribution is 2.38. The van der Waals surface area contributed by atoms with Gasteiger partial charge in [0, 0.05) is 4.91 Å². The maximum Gasteiger partial charge on any atom is 0.338 e. The molecule has 17 nitrogen and oxygen atoms in total. The summed E-state index contributed by atoms with van der Waals surface area (Å²) < 4.78 is 58.4. The Labute approximate surface area is 449 Å². The molecule has 398 valence electrons. The molecule has 11 atom stereocenters. The average molecular weight is 1050 g/mol. The molecule has 1 aliphatic heterocycles. The molecule has 1 saturated heterocycles. The van der Waals surface area contributed by atoms with Crippen molar-refractivity contribution in [1.82, 2.24) is 0 Å². The van der Waals surface area contributed by atoms with Crippen LogP contribution in [0.2, 0.25) is 0 Å². The van der Waals surface area contributed by atoms with Gasteiger partial charge in [0.1, 0.15) is 36.6 Å². The van der Waals surface area contributed by atoms with Gasteiger partial charge in [0.2, 0.25) is 0 Å². The number of hydrogen-bond donors (Lipinski definition) is 1.